The fourth-order valence-corrected chi connectivity index (χ4v) is 6.68. The first kappa shape index (κ1) is 29.2. The Morgan fingerprint density at radius 1 is 1.03 bits per heavy atom. The summed E-state index contributed by atoms with van der Waals surface area (Å²) in [5.41, 5.74) is 2.09. The van der Waals surface area contributed by atoms with Gasteiger partial charge in [-0.05, 0) is 79.9 Å². The summed E-state index contributed by atoms with van der Waals surface area (Å²) in [7, 11) is 3.28. The van der Waals surface area contributed by atoms with Gasteiger partial charge in [-0.15, -0.1) is 0 Å². The van der Waals surface area contributed by atoms with Crippen LogP contribution in [0.5, 0.6) is 11.5 Å². The number of fused-ring (bicyclic) bond motifs is 6. The number of aryl methyl sites for hydroxylation is 2. The van der Waals surface area contributed by atoms with E-state index in [-0.39, 0.29) is 29.7 Å². The highest BCUT2D eigenvalue weighted by Gasteiger charge is 2.43. The third-order valence-electron chi connectivity index (χ3n) is 8.67. The lowest BCUT2D eigenvalue weighted by Gasteiger charge is -2.51. The number of rotatable bonds is 5. The summed E-state index contributed by atoms with van der Waals surface area (Å²) >= 11 is 0. The Hall–Kier alpha value is -2.77. The molecule has 0 spiro atoms. The van der Waals surface area contributed by atoms with Crippen LogP contribution in [0.15, 0.2) is 12.1 Å². The van der Waals surface area contributed by atoms with Crippen LogP contribution < -0.4 is 14.8 Å². The van der Waals surface area contributed by atoms with Crippen molar-refractivity contribution in [2.45, 2.75) is 84.1 Å². The second-order valence-electron chi connectivity index (χ2n) is 12.0. The molecule has 3 aliphatic heterocycles. The van der Waals surface area contributed by atoms with Crippen LogP contribution in [0.25, 0.3) is 0 Å². The molecule has 0 radical (unpaired) electrons. The Bertz CT molecular complexity index is 1030. The standard InChI is InChI=1S/C31H47N3O5/c1-21(2)10-12-29(36)33-18-23-16-25(20-33)26-8-5-9-28(35)32-14-6-7-24-15-22(11-13-30(37)34(26)19-23)17-27(38-3)31(24)39-4/h15,17,21,23,25-26H,5-14,16,18-20H2,1-4H3,(H,32,35)/t23-,25+,26-/m0/s1. The highest BCUT2D eigenvalue weighted by molar-refractivity contribution is 5.78. The van der Waals surface area contributed by atoms with Crippen LogP contribution in [-0.4, -0.2) is 74.0 Å². The van der Waals surface area contributed by atoms with Crippen LogP contribution in [-0.2, 0) is 27.2 Å². The van der Waals surface area contributed by atoms with Gasteiger partial charge in [0.1, 0.15) is 0 Å². The van der Waals surface area contributed by atoms with Gasteiger partial charge in [0, 0.05) is 51.5 Å². The van der Waals surface area contributed by atoms with E-state index in [1.165, 1.54) is 0 Å². The lowest BCUT2D eigenvalue weighted by atomic mass is 9.77. The predicted molar refractivity (Wildman–Crippen MR) is 151 cm³/mol. The van der Waals surface area contributed by atoms with Gasteiger partial charge in [0.15, 0.2) is 11.5 Å². The smallest absolute Gasteiger partial charge is 0.223 e. The molecule has 1 N–H and O–H groups in total. The van der Waals surface area contributed by atoms with E-state index in [2.05, 4.69) is 35.0 Å². The van der Waals surface area contributed by atoms with Gasteiger partial charge in [-0.3, -0.25) is 14.4 Å². The zero-order valence-corrected chi connectivity index (χ0v) is 24.3. The van der Waals surface area contributed by atoms with Gasteiger partial charge in [0.2, 0.25) is 17.7 Å². The number of amides is 3. The van der Waals surface area contributed by atoms with E-state index in [1.807, 2.05) is 6.07 Å². The number of likely N-dealkylation sites (tertiary alicyclic amines) is 1. The molecule has 4 rings (SSSR count). The Morgan fingerprint density at radius 2 is 1.85 bits per heavy atom. The molecule has 3 heterocycles. The number of methoxy groups -OCH3 is 2. The van der Waals surface area contributed by atoms with E-state index in [0.717, 1.165) is 61.9 Å². The maximum atomic E-state index is 13.7. The van der Waals surface area contributed by atoms with Gasteiger partial charge in [-0.2, -0.15) is 0 Å². The summed E-state index contributed by atoms with van der Waals surface area (Å²) in [6, 6.07) is 4.16. The average molecular weight is 542 g/mol. The normalized spacial score (nSPS) is 24.7. The number of nitrogens with zero attached hydrogens (tertiary/aromatic N) is 2. The van der Waals surface area contributed by atoms with Crippen molar-refractivity contribution in [1.82, 2.24) is 15.1 Å². The largest absolute Gasteiger partial charge is 0.493 e. The molecular formula is C31H47N3O5. The van der Waals surface area contributed by atoms with Crippen molar-refractivity contribution in [1.29, 1.82) is 0 Å². The summed E-state index contributed by atoms with van der Waals surface area (Å²) in [6.45, 7) is 7.06. The Labute approximate surface area is 233 Å². The summed E-state index contributed by atoms with van der Waals surface area (Å²) in [5, 5.41) is 3.06. The molecule has 0 aromatic heterocycles. The molecule has 3 aliphatic rings. The molecule has 2 fully saturated rings. The molecule has 8 nitrogen and oxygen atoms in total. The number of hydrogen-bond donors (Lipinski definition) is 1. The maximum Gasteiger partial charge on any atom is 0.223 e. The van der Waals surface area contributed by atoms with Crippen molar-refractivity contribution in [3.8, 4) is 11.5 Å². The van der Waals surface area contributed by atoms with E-state index < -0.39 is 0 Å². The van der Waals surface area contributed by atoms with Crippen LogP contribution in [0.2, 0.25) is 0 Å². The zero-order chi connectivity index (χ0) is 27.9. The molecule has 1 aromatic rings. The summed E-state index contributed by atoms with van der Waals surface area (Å²) < 4.78 is 11.3. The third-order valence-corrected chi connectivity index (χ3v) is 8.67. The number of ether oxygens (including phenoxy) is 2. The Kier molecular flexibility index (Phi) is 10.1. The minimum Gasteiger partial charge on any atom is -0.493 e. The van der Waals surface area contributed by atoms with Gasteiger partial charge in [-0.25, -0.2) is 0 Å². The van der Waals surface area contributed by atoms with Crippen molar-refractivity contribution in [2.75, 3.05) is 40.4 Å². The van der Waals surface area contributed by atoms with Gasteiger partial charge in [0.25, 0.3) is 0 Å². The molecule has 4 bridgehead atoms. The number of hydrogen-bond acceptors (Lipinski definition) is 5. The average Bonchev–Trinajstić information content (AvgIpc) is 2.92. The first-order chi connectivity index (χ1) is 18.8. The highest BCUT2D eigenvalue weighted by Crippen LogP contribution is 2.37. The van der Waals surface area contributed by atoms with Gasteiger partial charge in [-0.1, -0.05) is 19.9 Å². The minimum absolute atomic E-state index is 0.0566. The Morgan fingerprint density at radius 3 is 2.59 bits per heavy atom. The monoisotopic (exact) mass is 541 g/mol. The van der Waals surface area contributed by atoms with Crippen LogP contribution >= 0.6 is 0 Å². The second-order valence-corrected chi connectivity index (χ2v) is 12.0. The maximum absolute atomic E-state index is 13.7. The molecule has 3 amide bonds. The first-order valence-corrected chi connectivity index (χ1v) is 14.9. The number of carbonyl (C=O) groups is 3. The molecular weight excluding hydrogens is 494 g/mol. The van der Waals surface area contributed by atoms with E-state index in [0.29, 0.717) is 62.9 Å². The molecule has 0 aliphatic carbocycles. The molecule has 0 unspecified atom stereocenters. The van der Waals surface area contributed by atoms with Crippen molar-refractivity contribution in [2.24, 2.45) is 17.8 Å². The zero-order valence-electron chi connectivity index (χ0n) is 24.3. The van der Waals surface area contributed by atoms with E-state index in [4.69, 9.17) is 9.47 Å². The summed E-state index contributed by atoms with van der Waals surface area (Å²) in [4.78, 5) is 43.5. The second kappa shape index (κ2) is 13.5. The van der Waals surface area contributed by atoms with Crippen molar-refractivity contribution in [3.05, 3.63) is 23.3 Å². The lowest BCUT2D eigenvalue weighted by molar-refractivity contribution is -0.145. The third kappa shape index (κ3) is 7.46. The summed E-state index contributed by atoms with van der Waals surface area (Å²) in [5.74, 6) is 2.95. The molecule has 2 saturated heterocycles. The summed E-state index contributed by atoms with van der Waals surface area (Å²) in [6.07, 6.45) is 7.18. The number of nitrogens with one attached hydrogen (secondary N) is 1. The van der Waals surface area contributed by atoms with Gasteiger partial charge in [0.05, 0.1) is 14.2 Å². The SMILES string of the molecule is COc1cc2cc(c1OC)CCCNC(=O)CCC[C@H]1[C@@H]3C[C@@H](CN(C(=O)CCC(C)C)C3)CN1C(=O)CC2. The van der Waals surface area contributed by atoms with Crippen molar-refractivity contribution < 1.29 is 23.9 Å². The van der Waals surface area contributed by atoms with E-state index in [9.17, 15) is 14.4 Å². The number of benzene rings is 1. The number of piperidine rings is 2. The quantitative estimate of drug-likeness (QED) is 0.609. The number of carbonyl (C=O) groups excluding carboxylic acids is 3. The molecule has 3 atom stereocenters. The van der Waals surface area contributed by atoms with Crippen LogP contribution in [0.1, 0.15) is 76.3 Å². The van der Waals surface area contributed by atoms with E-state index in [1.54, 1.807) is 14.2 Å². The fraction of sp³-hybridized carbons (Fsp3) is 0.710. The lowest BCUT2D eigenvalue weighted by Crippen LogP contribution is -2.60. The van der Waals surface area contributed by atoms with E-state index >= 15 is 0 Å². The van der Waals surface area contributed by atoms with Crippen molar-refractivity contribution >= 4 is 17.7 Å². The van der Waals surface area contributed by atoms with Crippen LogP contribution in [0.3, 0.4) is 0 Å². The molecule has 1 aromatic carbocycles. The topological polar surface area (TPSA) is 88.2 Å². The first-order valence-electron chi connectivity index (χ1n) is 14.9. The van der Waals surface area contributed by atoms with Gasteiger partial charge >= 0.3 is 0 Å². The van der Waals surface area contributed by atoms with Gasteiger partial charge < -0.3 is 24.6 Å². The highest BCUT2D eigenvalue weighted by atomic mass is 16.5. The predicted octanol–water partition coefficient (Wildman–Crippen LogP) is 3.98. The molecule has 8 heteroatoms. The van der Waals surface area contributed by atoms with Crippen molar-refractivity contribution in [3.63, 3.8) is 0 Å². The molecule has 216 valence electrons. The molecule has 39 heavy (non-hydrogen) atoms. The minimum atomic E-state index is 0.0566. The van der Waals surface area contributed by atoms with Crippen LogP contribution in [0.4, 0.5) is 0 Å². The molecule has 0 saturated carbocycles. The van der Waals surface area contributed by atoms with Crippen LogP contribution in [0, 0.1) is 17.8 Å². The fourth-order valence-electron chi connectivity index (χ4n) is 6.68. The Balaban J connectivity index is 1.54.